The maximum Gasteiger partial charge on any atom is 0.237 e. The molecule has 0 radical (unpaired) electrons. The van der Waals surface area contributed by atoms with E-state index in [9.17, 15) is 4.79 Å². The summed E-state index contributed by atoms with van der Waals surface area (Å²) in [5.74, 6) is 2.12. The van der Waals surface area contributed by atoms with Gasteiger partial charge in [0.1, 0.15) is 0 Å². The molecule has 5 rings (SSSR count). The summed E-state index contributed by atoms with van der Waals surface area (Å²) >= 11 is 1.43. The van der Waals surface area contributed by atoms with Gasteiger partial charge in [0, 0.05) is 31.5 Å². The first-order valence-corrected chi connectivity index (χ1v) is 11.7. The minimum Gasteiger partial charge on any atom is -0.454 e. The first-order chi connectivity index (χ1) is 15.2. The van der Waals surface area contributed by atoms with Crippen LogP contribution in [0.15, 0.2) is 23.4 Å². The summed E-state index contributed by atoms with van der Waals surface area (Å²) in [6, 6.07) is 5.40. The van der Waals surface area contributed by atoms with Gasteiger partial charge in [-0.2, -0.15) is 0 Å². The number of hydrogen-bond donors (Lipinski definition) is 1. The topological polar surface area (TPSA) is 90.7 Å². The van der Waals surface area contributed by atoms with Gasteiger partial charge in [0.25, 0.3) is 0 Å². The van der Waals surface area contributed by atoms with Gasteiger partial charge < -0.3 is 24.4 Å². The molecule has 1 aromatic heterocycles. The maximum atomic E-state index is 12.8. The first-order valence-electron chi connectivity index (χ1n) is 10.8. The number of carbonyl (C=O) groups is 1. The quantitative estimate of drug-likeness (QED) is 0.651. The standard InChI is InChI=1S/C21H27N5O4S/c1-14(19(27)22-15-6-7-17-18(11-15)30-13-29-17)31-21-24-23-20(25-8-2-3-9-25)26(21)12-16-5-4-10-28-16/h6-7,11,14,16H,2-5,8-10,12-13H2,1H3,(H,22,27)/t14-,16-/m1/s1. The molecular formula is C21H27N5O4S. The van der Waals surface area contributed by atoms with E-state index in [4.69, 9.17) is 14.2 Å². The highest BCUT2D eigenvalue weighted by atomic mass is 32.2. The van der Waals surface area contributed by atoms with Crippen LogP contribution in [0.1, 0.15) is 32.6 Å². The molecule has 0 aliphatic carbocycles. The van der Waals surface area contributed by atoms with Crippen molar-refractivity contribution in [1.29, 1.82) is 0 Å². The summed E-state index contributed by atoms with van der Waals surface area (Å²) in [5.41, 5.74) is 0.681. The number of rotatable bonds is 7. The Morgan fingerprint density at radius 1 is 1.23 bits per heavy atom. The highest BCUT2D eigenvalue weighted by Crippen LogP contribution is 2.35. The van der Waals surface area contributed by atoms with Gasteiger partial charge in [-0.25, -0.2) is 0 Å². The molecule has 4 heterocycles. The molecule has 0 bridgehead atoms. The number of benzene rings is 1. The summed E-state index contributed by atoms with van der Waals surface area (Å²) in [7, 11) is 0. The molecule has 9 nitrogen and oxygen atoms in total. The Morgan fingerprint density at radius 2 is 2.06 bits per heavy atom. The number of ether oxygens (including phenoxy) is 3. The van der Waals surface area contributed by atoms with Crippen LogP contribution in [0.25, 0.3) is 0 Å². The minimum atomic E-state index is -0.343. The number of amides is 1. The zero-order valence-corrected chi connectivity index (χ0v) is 18.4. The fraction of sp³-hybridized carbons (Fsp3) is 0.571. The number of thioether (sulfide) groups is 1. The Balaban J connectivity index is 1.29. The molecule has 166 valence electrons. The van der Waals surface area contributed by atoms with Crippen LogP contribution in [0.4, 0.5) is 11.6 Å². The summed E-state index contributed by atoms with van der Waals surface area (Å²) in [6.45, 7) is 5.61. The van der Waals surface area contributed by atoms with Gasteiger partial charge in [-0.3, -0.25) is 9.36 Å². The van der Waals surface area contributed by atoms with Crippen LogP contribution in [0.3, 0.4) is 0 Å². The summed E-state index contributed by atoms with van der Waals surface area (Å²) in [6.07, 6.45) is 4.65. The number of nitrogens with one attached hydrogen (secondary N) is 1. The predicted octanol–water partition coefficient (Wildman–Crippen LogP) is 2.91. The van der Waals surface area contributed by atoms with Gasteiger partial charge >= 0.3 is 0 Å². The Kier molecular flexibility index (Phi) is 5.91. The van der Waals surface area contributed by atoms with Gasteiger partial charge in [-0.1, -0.05) is 11.8 Å². The van der Waals surface area contributed by atoms with Crippen molar-refractivity contribution in [3.05, 3.63) is 18.2 Å². The molecule has 2 saturated heterocycles. The van der Waals surface area contributed by atoms with Gasteiger partial charge in [-0.15, -0.1) is 10.2 Å². The van der Waals surface area contributed by atoms with E-state index < -0.39 is 0 Å². The molecule has 1 aromatic carbocycles. The molecule has 2 fully saturated rings. The molecule has 0 spiro atoms. The Bertz CT molecular complexity index is 940. The molecule has 10 heteroatoms. The van der Waals surface area contributed by atoms with Gasteiger partial charge in [0.2, 0.25) is 18.6 Å². The smallest absolute Gasteiger partial charge is 0.237 e. The van der Waals surface area contributed by atoms with Crippen LogP contribution < -0.4 is 19.7 Å². The van der Waals surface area contributed by atoms with E-state index in [1.807, 2.05) is 13.0 Å². The molecule has 2 atom stereocenters. The molecule has 1 amide bonds. The molecule has 31 heavy (non-hydrogen) atoms. The van der Waals surface area contributed by atoms with E-state index >= 15 is 0 Å². The monoisotopic (exact) mass is 445 g/mol. The lowest BCUT2D eigenvalue weighted by Crippen LogP contribution is -2.26. The Hall–Kier alpha value is -2.46. The lowest BCUT2D eigenvalue weighted by Gasteiger charge is -2.21. The maximum absolute atomic E-state index is 12.8. The summed E-state index contributed by atoms with van der Waals surface area (Å²) in [4.78, 5) is 15.1. The SMILES string of the molecule is C[C@@H](Sc1nnc(N2CCCC2)n1C[C@H]1CCCO1)C(=O)Nc1ccc2c(c1)OCO2. The van der Waals surface area contributed by atoms with E-state index in [1.165, 1.54) is 24.6 Å². The number of carbonyl (C=O) groups excluding carboxylic acids is 1. The first kappa shape index (κ1) is 20.4. The molecule has 0 unspecified atom stereocenters. The number of fused-ring (bicyclic) bond motifs is 1. The van der Waals surface area contributed by atoms with Crippen molar-refractivity contribution >= 4 is 29.3 Å². The average molecular weight is 446 g/mol. The van der Waals surface area contributed by atoms with Crippen molar-refractivity contribution in [2.45, 2.75) is 55.7 Å². The van der Waals surface area contributed by atoms with Crippen molar-refractivity contribution in [3.8, 4) is 11.5 Å². The highest BCUT2D eigenvalue weighted by Gasteiger charge is 2.27. The van der Waals surface area contributed by atoms with Crippen LogP contribution in [-0.2, 0) is 16.1 Å². The molecule has 0 saturated carbocycles. The third-order valence-electron chi connectivity index (χ3n) is 5.79. The van der Waals surface area contributed by atoms with Gasteiger partial charge in [-0.05, 0) is 44.7 Å². The van der Waals surface area contributed by atoms with E-state index in [1.54, 1.807) is 12.1 Å². The predicted molar refractivity (Wildman–Crippen MR) is 117 cm³/mol. The molecule has 1 N–H and O–H groups in total. The van der Waals surface area contributed by atoms with Crippen molar-refractivity contribution in [2.75, 3.05) is 36.7 Å². The average Bonchev–Trinajstić information content (AvgIpc) is 3.56. The Labute approximate surface area is 185 Å². The van der Waals surface area contributed by atoms with Crippen molar-refractivity contribution < 1.29 is 19.0 Å². The van der Waals surface area contributed by atoms with Crippen molar-refractivity contribution in [2.24, 2.45) is 0 Å². The zero-order chi connectivity index (χ0) is 21.2. The van der Waals surface area contributed by atoms with E-state index in [0.717, 1.165) is 50.2 Å². The highest BCUT2D eigenvalue weighted by molar-refractivity contribution is 8.00. The minimum absolute atomic E-state index is 0.0988. The largest absolute Gasteiger partial charge is 0.454 e. The Morgan fingerprint density at radius 3 is 2.87 bits per heavy atom. The van der Waals surface area contributed by atoms with Crippen LogP contribution >= 0.6 is 11.8 Å². The van der Waals surface area contributed by atoms with E-state index in [2.05, 4.69) is 25.0 Å². The van der Waals surface area contributed by atoms with Crippen molar-refractivity contribution in [1.82, 2.24) is 14.8 Å². The molecular weight excluding hydrogens is 418 g/mol. The number of anilines is 2. The third-order valence-corrected chi connectivity index (χ3v) is 6.87. The van der Waals surface area contributed by atoms with Crippen LogP contribution in [-0.4, -0.2) is 58.5 Å². The fourth-order valence-corrected chi connectivity index (χ4v) is 4.95. The second kappa shape index (κ2) is 8.96. The van der Waals surface area contributed by atoms with Gasteiger partial charge in [0.05, 0.1) is 17.9 Å². The third kappa shape index (κ3) is 4.45. The number of aromatic nitrogens is 3. The van der Waals surface area contributed by atoms with Crippen molar-refractivity contribution in [3.63, 3.8) is 0 Å². The van der Waals surface area contributed by atoms with Crippen LogP contribution in [0.5, 0.6) is 11.5 Å². The molecule has 3 aliphatic rings. The lowest BCUT2D eigenvalue weighted by atomic mass is 10.2. The van der Waals surface area contributed by atoms with Crippen LogP contribution in [0.2, 0.25) is 0 Å². The lowest BCUT2D eigenvalue weighted by molar-refractivity contribution is -0.115. The molecule has 2 aromatic rings. The fourth-order valence-electron chi connectivity index (χ4n) is 4.10. The van der Waals surface area contributed by atoms with Crippen LogP contribution in [0, 0.1) is 0 Å². The van der Waals surface area contributed by atoms with E-state index in [0.29, 0.717) is 17.2 Å². The van der Waals surface area contributed by atoms with Gasteiger partial charge in [0.15, 0.2) is 16.7 Å². The number of hydrogen-bond acceptors (Lipinski definition) is 8. The zero-order valence-electron chi connectivity index (χ0n) is 17.6. The van der Waals surface area contributed by atoms with E-state index in [-0.39, 0.29) is 24.1 Å². The second-order valence-electron chi connectivity index (χ2n) is 8.04. The normalized spacial score (nSPS) is 20.9. The molecule has 3 aliphatic heterocycles. The summed E-state index contributed by atoms with van der Waals surface area (Å²) < 4.78 is 18.7. The second-order valence-corrected chi connectivity index (χ2v) is 9.35. The summed E-state index contributed by atoms with van der Waals surface area (Å²) in [5, 5.41) is 12.3. The number of nitrogens with zero attached hydrogens (tertiary/aromatic N) is 4.